The van der Waals surface area contributed by atoms with Gasteiger partial charge in [0, 0.05) is 31.1 Å². The molecule has 4 aromatic heterocycles. The van der Waals surface area contributed by atoms with Crippen molar-refractivity contribution in [3.8, 4) is 10.7 Å². The van der Waals surface area contributed by atoms with E-state index in [-0.39, 0.29) is 11.9 Å². The van der Waals surface area contributed by atoms with Crippen LogP contribution in [0.25, 0.3) is 27.3 Å². The van der Waals surface area contributed by atoms with Crippen LogP contribution >= 0.6 is 11.3 Å². The van der Waals surface area contributed by atoms with Gasteiger partial charge in [-0.3, -0.25) is 4.79 Å². The van der Waals surface area contributed by atoms with Crippen molar-refractivity contribution in [2.24, 2.45) is 0 Å². The van der Waals surface area contributed by atoms with Crippen LogP contribution in [0.4, 0.5) is 5.95 Å². The van der Waals surface area contributed by atoms with Gasteiger partial charge in [0.2, 0.25) is 5.95 Å². The van der Waals surface area contributed by atoms with Crippen molar-refractivity contribution >= 4 is 39.7 Å². The molecule has 32 heavy (non-hydrogen) atoms. The van der Waals surface area contributed by atoms with Gasteiger partial charge >= 0.3 is 0 Å². The molecule has 0 N–H and O–H groups in total. The second kappa shape index (κ2) is 7.45. The maximum Gasteiger partial charge on any atom is 0.289 e. The number of anilines is 1. The van der Waals surface area contributed by atoms with Crippen molar-refractivity contribution in [2.45, 2.75) is 13.0 Å². The third-order valence-corrected chi connectivity index (χ3v) is 6.74. The average Bonchev–Trinajstić information content (AvgIpc) is 3.59. The maximum absolute atomic E-state index is 12.8. The van der Waals surface area contributed by atoms with Crippen molar-refractivity contribution in [1.82, 2.24) is 24.5 Å². The summed E-state index contributed by atoms with van der Waals surface area (Å²) >= 11 is 1.63. The van der Waals surface area contributed by atoms with Gasteiger partial charge in [0.05, 0.1) is 16.7 Å². The van der Waals surface area contributed by atoms with Gasteiger partial charge in [0.25, 0.3) is 5.91 Å². The van der Waals surface area contributed by atoms with Crippen molar-refractivity contribution < 1.29 is 9.21 Å². The molecule has 0 spiro atoms. The van der Waals surface area contributed by atoms with E-state index in [1.165, 1.54) is 6.26 Å². The second-order valence-corrected chi connectivity index (χ2v) is 8.81. The van der Waals surface area contributed by atoms with Crippen molar-refractivity contribution in [2.75, 3.05) is 24.5 Å². The highest BCUT2D eigenvalue weighted by Crippen LogP contribution is 2.31. The Morgan fingerprint density at radius 3 is 2.78 bits per heavy atom. The van der Waals surface area contributed by atoms with E-state index < -0.39 is 0 Å². The summed E-state index contributed by atoms with van der Waals surface area (Å²) in [5.74, 6) is 1.87. The molecule has 5 aromatic rings. The third-order valence-electron chi connectivity index (χ3n) is 5.87. The molecule has 5 heterocycles. The SMILES string of the molecule is CC1CN(c2nc3ccccc3c3nnc(-c4cccs4)n23)CCN1C(=O)c1ccco1. The van der Waals surface area contributed by atoms with E-state index in [0.29, 0.717) is 25.4 Å². The predicted octanol–water partition coefficient (Wildman–Crippen LogP) is 3.95. The molecule has 1 fully saturated rings. The average molecular weight is 445 g/mol. The highest BCUT2D eigenvalue weighted by atomic mass is 32.1. The first-order valence-corrected chi connectivity index (χ1v) is 11.4. The fourth-order valence-electron chi connectivity index (χ4n) is 4.33. The van der Waals surface area contributed by atoms with E-state index in [9.17, 15) is 4.79 Å². The number of amides is 1. The van der Waals surface area contributed by atoms with Crippen LogP contribution in [-0.2, 0) is 0 Å². The predicted molar refractivity (Wildman–Crippen MR) is 123 cm³/mol. The molecule has 1 saturated heterocycles. The molecule has 1 aliphatic heterocycles. The Morgan fingerprint density at radius 2 is 2.00 bits per heavy atom. The smallest absolute Gasteiger partial charge is 0.289 e. The molecule has 1 unspecified atom stereocenters. The fourth-order valence-corrected chi connectivity index (χ4v) is 5.02. The minimum Gasteiger partial charge on any atom is -0.459 e. The number of rotatable bonds is 3. The summed E-state index contributed by atoms with van der Waals surface area (Å²) in [5.41, 5.74) is 1.66. The monoisotopic (exact) mass is 444 g/mol. The first-order chi connectivity index (χ1) is 15.7. The standard InChI is InChI=1S/C23H20N6O2S/c1-15-14-27(10-11-28(15)22(30)18-8-4-12-31-18)23-24-17-7-3-2-6-16(17)20-25-26-21(29(20)23)19-9-5-13-32-19/h2-9,12-13,15H,10-11,14H2,1H3. The van der Waals surface area contributed by atoms with Crippen LogP contribution in [0.2, 0.25) is 0 Å². The summed E-state index contributed by atoms with van der Waals surface area (Å²) < 4.78 is 7.37. The zero-order chi connectivity index (χ0) is 21.7. The summed E-state index contributed by atoms with van der Waals surface area (Å²) in [6, 6.07) is 15.5. The number of piperazine rings is 1. The van der Waals surface area contributed by atoms with E-state index in [0.717, 1.165) is 33.2 Å². The molecule has 1 aromatic carbocycles. The lowest BCUT2D eigenvalue weighted by molar-refractivity contribution is 0.0640. The van der Waals surface area contributed by atoms with Gasteiger partial charge in [0.1, 0.15) is 0 Å². The van der Waals surface area contributed by atoms with Gasteiger partial charge in [-0.05, 0) is 42.6 Å². The molecule has 0 aliphatic carbocycles. The lowest BCUT2D eigenvalue weighted by atomic mass is 10.1. The molecular formula is C23H20N6O2S. The number of carbonyl (C=O) groups is 1. The van der Waals surface area contributed by atoms with Gasteiger partial charge in [-0.25, -0.2) is 9.38 Å². The minimum atomic E-state index is -0.0812. The molecule has 8 nitrogen and oxygen atoms in total. The van der Waals surface area contributed by atoms with E-state index in [1.54, 1.807) is 23.5 Å². The summed E-state index contributed by atoms with van der Waals surface area (Å²) in [7, 11) is 0. The molecule has 0 radical (unpaired) electrons. The number of carbonyl (C=O) groups excluding carboxylic acids is 1. The van der Waals surface area contributed by atoms with Crippen LogP contribution in [0.1, 0.15) is 17.5 Å². The van der Waals surface area contributed by atoms with Crippen LogP contribution in [0.5, 0.6) is 0 Å². The van der Waals surface area contributed by atoms with Gasteiger partial charge in [-0.1, -0.05) is 18.2 Å². The Kier molecular flexibility index (Phi) is 4.43. The Bertz CT molecular complexity index is 1410. The van der Waals surface area contributed by atoms with Crippen LogP contribution < -0.4 is 4.90 Å². The number of para-hydroxylation sites is 1. The fraction of sp³-hybridized carbons (Fsp3) is 0.217. The van der Waals surface area contributed by atoms with E-state index in [4.69, 9.17) is 9.40 Å². The van der Waals surface area contributed by atoms with Crippen LogP contribution in [0, 0.1) is 0 Å². The quantitative estimate of drug-likeness (QED) is 0.419. The highest BCUT2D eigenvalue weighted by molar-refractivity contribution is 7.13. The van der Waals surface area contributed by atoms with Crippen molar-refractivity contribution in [3.05, 3.63) is 65.9 Å². The van der Waals surface area contributed by atoms with E-state index in [2.05, 4.69) is 22.0 Å². The molecule has 6 rings (SSSR count). The molecule has 9 heteroatoms. The number of hydrogen-bond acceptors (Lipinski definition) is 7. The van der Waals surface area contributed by atoms with Crippen LogP contribution in [-0.4, -0.2) is 56.1 Å². The zero-order valence-corrected chi connectivity index (χ0v) is 18.2. The number of fused-ring (bicyclic) bond motifs is 3. The van der Waals surface area contributed by atoms with Crippen LogP contribution in [0.15, 0.2) is 64.6 Å². The summed E-state index contributed by atoms with van der Waals surface area (Å²) in [6.45, 7) is 3.93. The molecule has 0 bridgehead atoms. The number of aromatic nitrogens is 4. The normalized spacial score (nSPS) is 16.8. The largest absolute Gasteiger partial charge is 0.459 e. The Balaban J connectivity index is 1.43. The van der Waals surface area contributed by atoms with Gasteiger partial charge in [0.15, 0.2) is 17.2 Å². The maximum atomic E-state index is 12.8. The Hall–Kier alpha value is -3.72. The summed E-state index contributed by atoms with van der Waals surface area (Å²) in [4.78, 5) is 23.0. The number of furan rings is 1. The van der Waals surface area contributed by atoms with Gasteiger partial charge in [-0.15, -0.1) is 21.5 Å². The number of benzene rings is 1. The molecule has 1 aliphatic rings. The summed E-state index contributed by atoms with van der Waals surface area (Å²) in [5, 5.41) is 12.0. The zero-order valence-electron chi connectivity index (χ0n) is 17.4. The topological polar surface area (TPSA) is 79.8 Å². The van der Waals surface area contributed by atoms with Crippen molar-refractivity contribution in [1.29, 1.82) is 0 Å². The number of nitrogens with zero attached hydrogens (tertiary/aromatic N) is 6. The molecule has 1 atom stereocenters. The molecule has 160 valence electrons. The van der Waals surface area contributed by atoms with Crippen molar-refractivity contribution in [3.63, 3.8) is 0 Å². The molecular weight excluding hydrogens is 424 g/mol. The molecule has 0 saturated carbocycles. The molecule has 1 amide bonds. The lowest BCUT2D eigenvalue weighted by Gasteiger charge is -2.40. The van der Waals surface area contributed by atoms with Crippen LogP contribution in [0.3, 0.4) is 0 Å². The first-order valence-electron chi connectivity index (χ1n) is 10.5. The minimum absolute atomic E-state index is 0.00802. The third kappa shape index (κ3) is 2.96. The van der Waals surface area contributed by atoms with Gasteiger partial charge in [-0.2, -0.15) is 0 Å². The first kappa shape index (κ1) is 19.0. The number of thiophene rings is 1. The highest BCUT2D eigenvalue weighted by Gasteiger charge is 2.31. The Labute approximate surface area is 187 Å². The summed E-state index contributed by atoms with van der Waals surface area (Å²) in [6.07, 6.45) is 1.53. The number of hydrogen-bond donors (Lipinski definition) is 0. The van der Waals surface area contributed by atoms with Gasteiger partial charge < -0.3 is 14.2 Å². The van der Waals surface area contributed by atoms with E-state index in [1.807, 2.05) is 51.1 Å². The Morgan fingerprint density at radius 1 is 1.09 bits per heavy atom. The second-order valence-electron chi connectivity index (χ2n) is 7.86. The lowest BCUT2D eigenvalue weighted by Crippen LogP contribution is -2.54. The van der Waals surface area contributed by atoms with E-state index >= 15 is 0 Å².